The molecule has 0 spiro atoms. The Morgan fingerprint density at radius 1 is 0.803 bits per heavy atom. The van der Waals surface area contributed by atoms with Crippen LogP contribution >= 0.6 is 11.8 Å². The summed E-state index contributed by atoms with van der Waals surface area (Å²) in [6, 6.07) is 14.3. The number of benzene rings is 3. The number of esters is 1. The molecule has 7 atom stereocenters. The highest BCUT2D eigenvalue weighted by Gasteiger charge is 2.61. The molecule has 4 amide bonds. The van der Waals surface area contributed by atoms with E-state index in [-0.39, 0.29) is 68.6 Å². The molecule has 0 aliphatic carbocycles. The Hall–Kier alpha value is -7.14. The Morgan fingerprint density at radius 3 is 1.80 bits per heavy atom. The number of hydrogen-bond acceptors (Lipinski definition) is 16. The van der Waals surface area contributed by atoms with E-state index in [9.17, 15) is 59.4 Å². The molecule has 4 aliphatic heterocycles. The second kappa shape index (κ2) is 19.5. The first kappa shape index (κ1) is 46.8. The van der Waals surface area contributed by atoms with Gasteiger partial charge in [-0.2, -0.15) is 0 Å². The maximum absolute atomic E-state index is 14.5. The number of amides is 4. The van der Waals surface area contributed by atoms with Crippen LogP contribution < -0.4 is 0 Å². The number of fused-ring (bicyclic) bond motifs is 1. The van der Waals surface area contributed by atoms with E-state index in [1.807, 2.05) is 6.92 Å². The van der Waals surface area contributed by atoms with Crippen LogP contribution in [0.4, 0.5) is 26.7 Å². The number of carbonyl (C=O) groups excluding carboxylic acids is 5. The molecule has 0 bridgehead atoms. The Balaban J connectivity index is 1.08. The highest BCUT2D eigenvalue weighted by atomic mass is 32.2. The number of nitrogens with zero attached hydrogens (tertiary/aromatic N) is 7. The number of non-ortho nitro benzene ring substituents is 3. The molecule has 0 aromatic heterocycles. The summed E-state index contributed by atoms with van der Waals surface area (Å²) < 4.78 is 16.7. The van der Waals surface area contributed by atoms with Gasteiger partial charge in [0, 0.05) is 79.2 Å². The molecule has 3 saturated heterocycles. The van der Waals surface area contributed by atoms with E-state index in [0.717, 1.165) is 0 Å². The third-order valence-electron chi connectivity index (χ3n) is 12.2. The van der Waals surface area contributed by atoms with E-state index in [2.05, 4.69) is 0 Å². The third-order valence-corrected chi connectivity index (χ3v) is 13.7. The monoisotopic (exact) mass is 931 g/mol. The van der Waals surface area contributed by atoms with Crippen LogP contribution in [0.3, 0.4) is 0 Å². The fourth-order valence-corrected chi connectivity index (χ4v) is 10.1. The summed E-state index contributed by atoms with van der Waals surface area (Å²) in [6.45, 7) is 2.92. The number of likely N-dealkylation sites (N-methyl/N-ethyl adjacent to an activating group) is 1. The van der Waals surface area contributed by atoms with E-state index in [0.29, 0.717) is 28.0 Å². The summed E-state index contributed by atoms with van der Waals surface area (Å²) in [5.74, 6) is -3.02. The normalized spacial score (nSPS) is 22.6. The van der Waals surface area contributed by atoms with Gasteiger partial charge in [-0.15, -0.1) is 11.8 Å². The van der Waals surface area contributed by atoms with Crippen LogP contribution in [0.25, 0.3) is 0 Å². The van der Waals surface area contributed by atoms with E-state index < -0.39 is 86.1 Å². The van der Waals surface area contributed by atoms with Gasteiger partial charge in [0.25, 0.3) is 17.1 Å². The predicted molar refractivity (Wildman–Crippen MR) is 231 cm³/mol. The van der Waals surface area contributed by atoms with Gasteiger partial charge < -0.3 is 34.0 Å². The molecule has 3 aromatic rings. The molecule has 0 unspecified atom stereocenters. The first-order chi connectivity index (χ1) is 31.4. The summed E-state index contributed by atoms with van der Waals surface area (Å²) in [4.78, 5) is 106. The zero-order valence-corrected chi connectivity index (χ0v) is 36.6. The van der Waals surface area contributed by atoms with Crippen molar-refractivity contribution in [3.05, 3.63) is 130 Å². The van der Waals surface area contributed by atoms with Gasteiger partial charge >= 0.3 is 18.2 Å². The van der Waals surface area contributed by atoms with Crippen molar-refractivity contribution in [3.8, 4) is 0 Å². The van der Waals surface area contributed by atoms with Gasteiger partial charge in [-0.25, -0.2) is 14.4 Å². The number of carbonyl (C=O) groups is 5. The van der Waals surface area contributed by atoms with Gasteiger partial charge in [0.1, 0.15) is 31.6 Å². The van der Waals surface area contributed by atoms with Crippen molar-refractivity contribution in [2.45, 2.75) is 76.0 Å². The molecule has 66 heavy (non-hydrogen) atoms. The predicted octanol–water partition coefficient (Wildman–Crippen LogP) is 4.91. The van der Waals surface area contributed by atoms with Crippen molar-refractivity contribution in [3.63, 3.8) is 0 Å². The summed E-state index contributed by atoms with van der Waals surface area (Å²) in [5, 5.41) is 43.3. The van der Waals surface area contributed by atoms with Crippen LogP contribution in [0.5, 0.6) is 0 Å². The Bertz CT molecular complexity index is 2450. The zero-order chi connectivity index (χ0) is 47.6. The number of likely N-dealkylation sites (tertiary alicyclic amines) is 2. The van der Waals surface area contributed by atoms with Crippen LogP contribution in [0, 0.1) is 42.2 Å². The van der Waals surface area contributed by atoms with E-state index in [1.54, 1.807) is 0 Å². The highest BCUT2D eigenvalue weighted by Crippen LogP contribution is 2.52. The van der Waals surface area contributed by atoms with Crippen LogP contribution in [0.1, 0.15) is 43.4 Å². The van der Waals surface area contributed by atoms with Crippen molar-refractivity contribution in [2.24, 2.45) is 11.8 Å². The Morgan fingerprint density at radius 2 is 1.30 bits per heavy atom. The SMILES string of the molecule is C[C@@H](O)[C@H]1C(=O)N2C(C(=O)OCc3ccc([N+](=O)[O-])cc3)=C(S[C@H]3C[C@@H](C(=O)N4CC[C@H](N(C)C(=O)OCc5ccc([N+](=O)[O-])cc5)C4)N(C(=O)OCc4ccc([N+](=O)[O-])cc4)C3)[C@H](C)[C@H]12. The minimum absolute atomic E-state index is 0.0331. The lowest BCUT2D eigenvalue weighted by molar-refractivity contribution is -0.385. The minimum Gasteiger partial charge on any atom is -0.456 e. The Labute approximate surface area is 380 Å². The van der Waals surface area contributed by atoms with Gasteiger partial charge in [-0.05, 0) is 72.9 Å². The molecule has 3 aromatic carbocycles. The molecule has 0 saturated carbocycles. The molecular weight excluding hydrogens is 887 g/mol. The number of nitro benzene ring substituents is 3. The van der Waals surface area contributed by atoms with E-state index in [1.165, 1.54) is 118 Å². The largest absolute Gasteiger partial charge is 0.456 e. The van der Waals surface area contributed by atoms with Crippen molar-refractivity contribution >= 4 is 58.8 Å². The molecule has 22 nitrogen and oxygen atoms in total. The summed E-state index contributed by atoms with van der Waals surface area (Å²) >= 11 is 1.21. The third kappa shape index (κ3) is 9.76. The number of hydrogen-bond donors (Lipinski definition) is 1. The number of aliphatic hydroxyl groups excluding tert-OH is 1. The molecule has 4 aliphatic rings. The minimum atomic E-state index is -1.07. The molecule has 348 valence electrons. The van der Waals surface area contributed by atoms with Crippen LogP contribution in [0.2, 0.25) is 0 Å². The number of thioether (sulfide) groups is 1. The van der Waals surface area contributed by atoms with Gasteiger partial charge in [-0.3, -0.25) is 44.8 Å². The Kier molecular flexibility index (Phi) is 13.9. The van der Waals surface area contributed by atoms with E-state index in [4.69, 9.17) is 14.2 Å². The molecule has 23 heteroatoms. The molecular formula is C43H45N7O15S. The van der Waals surface area contributed by atoms with Gasteiger partial charge in [0.15, 0.2) is 0 Å². The van der Waals surface area contributed by atoms with E-state index >= 15 is 0 Å². The molecule has 4 heterocycles. The number of rotatable bonds is 15. The van der Waals surface area contributed by atoms with Crippen LogP contribution in [0.15, 0.2) is 83.4 Å². The second-order valence-electron chi connectivity index (χ2n) is 16.4. The summed E-state index contributed by atoms with van der Waals surface area (Å²) in [5.41, 5.74) is 1.000. The van der Waals surface area contributed by atoms with Gasteiger partial charge in [0.2, 0.25) is 11.8 Å². The van der Waals surface area contributed by atoms with Crippen molar-refractivity contribution in [1.29, 1.82) is 0 Å². The lowest BCUT2D eigenvalue weighted by Gasteiger charge is -2.46. The van der Waals surface area contributed by atoms with Crippen molar-refractivity contribution in [1.82, 2.24) is 19.6 Å². The molecule has 3 fully saturated rings. The standard InChI is InChI=1S/C43H45N7O15S/c1-24-36-35(25(2)51)40(53)47(36)37(41(54)63-21-26-4-10-29(11-5-26)48(57)58)38(24)66-33-18-34(46(20-33)43(56)65-23-28-8-14-31(15-9-28)50(61)62)39(52)45-17-16-32(19-45)44(3)42(55)64-22-27-6-12-30(13-7-27)49(59)60/h4-15,24-25,32-36,51H,16-23H2,1-3H3/t24-,25-,32+,33+,34+,35-,36-/m1/s1. The average Bonchev–Trinajstić information content (AvgIpc) is 4.02. The fourth-order valence-electron chi connectivity index (χ4n) is 8.62. The van der Waals surface area contributed by atoms with Gasteiger partial charge in [-0.1, -0.05) is 6.92 Å². The lowest BCUT2D eigenvalue weighted by atomic mass is 9.79. The fraction of sp³-hybridized carbons (Fsp3) is 0.419. The van der Waals surface area contributed by atoms with Crippen LogP contribution in [-0.4, -0.2) is 126 Å². The highest BCUT2D eigenvalue weighted by molar-refractivity contribution is 8.03. The number of aliphatic hydroxyl groups is 1. The summed E-state index contributed by atoms with van der Waals surface area (Å²) in [6.07, 6.45) is -2.08. The molecule has 0 radical (unpaired) electrons. The number of β-lactam (4-membered cyclic amide) rings is 1. The topological polar surface area (TPSA) is 276 Å². The number of nitro groups is 3. The quantitative estimate of drug-likeness (QED) is 0.0697. The average molecular weight is 932 g/mol. The van der Waals surface area contributed by atoms with Crippen LogP contribution in [-0.2, 0) is 48.4 Å². The van der Waals surface area contributed by atoms with Crippen molar-refractivity contribution in [2.75, 3.05) is 26.7 Å². The first-order valence-corrected chi connectivity index (χ1v) is 21.7. The first-order valence-electron chi connectivity index (χ1n) is 20.8. The smallest absolute Gasteiger partial charge is 0.410 e. The lowest BCUT2D eigenvalue weighted by Crippen LogP contribution is -2.63. The number of ether oxygens (including phenoxy) is 3. The zero-order valence-electron chi connectivity index (χ0n) is 35.8. The second-order valence-corrected chi connectivity index (χ2v) is 17.7. The molecule has 1 N–H and O–H groups in total. The van der Waals surface area contributed by atoms with Gasteiger partial charge in [0.05, 0.1) is 38.9 Å². The summed E-state index contributed by atoms with van der Waals surface area (Å²) in [7, 11) is 1.53. The molecule has 7 rings (SSSR count). The van der Waals surface area contributed by atoms with Crippen molar-refractivity contribution < 1.29 is 58.1 Å². The maximum atomic E-state index is 14.5. The maximum Gasteiger partial charge on any atom is 0.410 e.